The van der Waals surface area contributed by atoms with Crippen LogP contribution >= 0.6 is 23.5 Å². The molecule has 9 heteroatoms. The topological polar surface area (TPSA) is 67.1 Å². The summed E-state index contributed by atoms with van der Waals surface area (Å²) in [4.78, 5) is 15.5. The predicted octanol–water partition coefficient (Wildman–Crippen LogP) is 4.68. The minimum atomic E-state index is -0.476. The summed E-state index contributed by atoms with van der Waals surface area (Å²) in [6, 6.07) is 9.00. The Labute approximate surface area is 184 Å². The number of aromatic nitrogens is 3. The van der Waals surface area contributed by atoms with Crippen molar-refractivity contribution in [2.75, 3.05) is 34.8 Å². The first-order valence-corrected chi connectivity index (χ1v) is 12.0. The van der Waals surface area contributed by atoms with Crippen molar-refractivity contribution in [2.24, 2.45) is 0 Å². The standard InChI is InChI=1S/C21H24FN5OS2/c1-14-15(2)28-21(24-14)30-13-17-10-18(27-6-8-29-9-7-27)11-20(26-17)23-12-16-4-3-5-19(22)25-16/h3-5,10-11H,6-9,12-13H2,1-2H3,(H,23,26). The Morgan fingerprint density at radius 1 is 1.13 bits per heavy atom. The number of anilines is 2. The molecule has 4 heterocycles. The predicted molar refractivity (Wildman–Crippen MR) is 121 cm³/mol. The minimum Gasteiger partial charge on any atom is -0.437 e. The zero-order valence-corrected chi connectivity index (χ0v) is 18.7. The lowest BCUT2D eigenvalue weighted by Gasteiger charge is -2.29. The molecular weight excluding hydrogens is 421 g/mol. The van der Waals surface area contributed by atoms with E-state index in [1.165, 1.54) is 17.8 Å². The van der Waals surface area contributed by atoms with Crippen LogP contribution in [0.15, 0.2) is 40.0 Å². The van der Waals surface area contributed by atoms with Crippen LogP contribution in [0.4, 0.5) is 15.9 Å². The third-order valence-electron chi connectivity index (χ3n) is 4.82. The quantitative estimate of drug-likeness (QED) is 0.415. The Morgan fingerprint density at radius 3 is 2.70 bits per heavy atom. The Bertz CT molecular complexity index is 987. The van der Waals surface area contributed by atoms with Gasteiger partial charge in [-0.3, -0.25) is 0 Å². The lowest BCUT2D eigenvalue weighted by molar-refractivity contribution is 0.431. The van der Waals surface area contributed by atoms with Crippen molar-refractivity contribution < 1.29 is 8.81 Å². The van der Waals surface area contributed by atoms with Crippen molar-refractivity contribution in [3.63, 3.8) is 0 Å². The van der Waals surface area contributed by atoms with Gasteiger partial charge in [-0.25, -0.2) is 15.0 Å². The molecule has 3 aromatic rings. The second kappa shape index (κ2) is 9.70. The first kappa shape index (κ1) is 21.0. The maximum atomic E-state index is 13.4. The fraction of sp³-hybridized carbons (Fsp3) is 0.381. The van der Waals surface area contributed by atoms with E-state index in [2.05, 4.69) is 32.3 Å². The molecule has 6 nitrogen and oxygen atoms in total. The largest absolute Gasteiger partial charge is 0.437 e. The van der Waals surface area contributed by atoms with E-state index < -0.39 is 5.95 Å². The molecule has 1 aliphatic rings. The number of rotatable bonds is 7. The van der Waals surface area contributed by atoms with Crippen LogP contribution in [-0.2, 0) is 12.3 Å². The summed E-state index contributed by atoms with van der Waals surface area (Å²) >= 11 is 3.52. The van der Waals surface area contributed by atoms with Crippen LogP contribution < -0.4 is 10.2 Å². The molecular formula is C21H24FN5OS2. The van der Waals surface area contributed by atoms with E-state index in [0.717, 1.165) is 53.2 Å². The SMILES string of the molecule is Cc1nc(SCc2cc(N3CCSCC3)cc(NCc3cccc(F)n3)n2)oc1C. The van der Waals surface area contributed by atoms with Crippen LogP contribution in [0, 0.1) is 19.8 Å². The van der Waals surface area contributed by atoms with Gasteiger partial charge < -0.3 is 14.6 Å². The Hall–Kier alpha value is -2.26. The van der Waals surface area contributed by atoms with E-state index in [1.54, 1.807) is 12.1 Å². The average molecular weight is 446 g/mol. The zero-order valence-electron chi connectivity index (χ0n) is 17.0. The van der Waals surface area contributed by atoms with Gasteiger partial charge in [-0.2, -0.15) is 16.2 Å². The van der Waals surface area contributed by atoms with Crippen molar-refractivity contribution in [1.82, 2.24) is 15.0 Å². The number of nitrogens with one attached hydrogen (secondary N) is 1. The molecule has 0 unspecified atom stereocenters. The second-order valence-electron chi connectivity index (χ2n) is 7.02. The smallest absolute Gasteiger partial charge is 0.256 e. The van der Waals surface area contributed by atoms with Gasteiger partial charge in [0, 0.05) is 42.1 Å². The van der Waals surface area contributed by atoms with Gasteiger partial charge in [0.1, 0.15) is 11.6 Å². The molecule has 0 aliphatic carbocycles. The average Bonchev–Trinajstić information content (AvgIpc) is 3.09. The summed E-state index contributed by atoms with van der Waals surface area (Å²) in [5.74, 6) is 4.02. The van der Waals surface area contributed by atoms with E-state index in [0.29, 0.717) is 23.2 Å². The van der Waals surface area contributed by atoms with Crippen LogP contribution in [0.5, 0.6) is 0 Å². The highest BCUT2D eigenvalue weighted by atomic mass is 32.2. The summed E-state index contributed by atoms with van der Waals surface area (Å²) in [7, 11) is 0. The van der Waals surface area contributed by atoms with Gasteiger partial charge in [0.2, 0.25) is 5.95 Å². The molecule has 0 atom stereocenters. The number of halogens is 1. The number of thioether (sulfide) groups is 2. The third-order valence-corrected chi connectivity index (χ3v) is 6.62. The van der Waals surface area contributed by atoms with E-state index >= 15 is 0 Å². The molecule has 0 aromatic carbocycles. The van der Waals surface area contributed by atoms with E-state index in [-0.39, 0.29) is 0 Å². The number of nitrogens with zero attached hydrogens (tertiary/aromatic N) is 4. The highest BCUT2D eigenvalue weighted by Gasteiger charge is 2.15. The molecule has 30 heavy (non-hydrogen) atoms. The number of hydrogen-bond acceptors (Lipinski definition) is 8. The van der Waals surface area contributed by atoms with Crippen molar-refractivity contribution in [2.45, 2.75) is 31.4 Å². The molecule has 1 aliphatic heterocycles. The van der Waals surface area contributed by atoms with Gasteiger partial charge in [0.15, 0.2) is 0 Å². The van der Waals surface area contributed by atoms with E-state index in [1.807, 2.05) is 25.6 Å². The normalized spacial score (nSPS) is 14.2. The van der Waals surface area contributed by atoms with Crippen LogP contribution in [0.3, 0.4) is 0 Å². The Balaban J connectivity index is 1.52. The van der Waals surface area contributed by atoms with Gasteiger partial charge in [-0.1, -0.05) is 17.8 Å². The van der Waals surface area contributed by atoms with Gasteiger partial charge >= 0.3 is 0 Å². The summed E-state index contributed by atoms with van der Waals surface area (Å²) in [5.41, 5.74) is 3.64. The molecule has 0 bridgehead atoms. The van der Waals surface area contributed by atoms with Crippen molar-refractivity contribution in [3.05, 3.63) is 59.1 Å². The number of aryl methyl sites for hydroxylation is 2. The van der Waals surface area contributed by atoms with Crippen LogP contribution in [0.1, 0.15) is 22.8 Å². The number of hydrogen-bond donors (Lipinski definition) is 1. The summed E-state index contributed by atoms with van der Waals surface area (Å²) in [6.07, 6.45) is 0. The third kappa shape index (κ3) is 5.46. The van der Waals surface area contributed by atoms with Gasteiger partial charge in [-0.05, 0) is 32.0 Å². The highest BCUT2D eigenvalue weighted by Crippen LogP contribution is 2.28. The van der Waals surface area contributed by atoms with E-state index in [9.17, 15) is 4.39 Å². The van der Waals surface area contributed by atoms with Crippen LogP contribution in [-0.4, -0.2) is 39.5 Å². The molecule has 0 spiro atoms. The van der Waals surface area contributed by atoms with Crippen LogP contribution in [0.2, 0.25) is 0 Å². The summed E-state index contributed by atoms with van der Waals surface area (Å²) in [5, 5.41) is 3.96. The second-order valence-corrected chi connectivity index (χ2v) is 9.17. The first-order chi connectivity index (χ1) is 14.6. The fourth-order valence-electron chi connectivity index (χ4n) is 3.11. The maximum Gasteiger partial charge on any atom is 0.256 e. The Kier molecular flexibility index (Phi) is 6.79. The Morgan fingerprint density at radius 2 is 1.97 bits per heavy atom. The van der Waals surface area contributed by atoms with Gasteiger partial charge in [0.05, 0.1) is 23.6 Å². The fourth-order valence-corrected chi connectivity index (χ4v) is 4.82. The van der Waals surface area contributed by atoms with Crippen LogP contribution in [0.25, 0.3) is 0 Å². The molecule has 0 saturated carbocycles. The zero-order chi connectivity index (χ0) is 20.9. The van der Waals surface area contributed by atoms with E-state index in [4.69, 9.17) is 9.40 Å². The molecule has 0 radical (unpaired) electrons. The van der Waals surface area contributed by atoms with Crippen molar-refractivity contribution in [3.8, 4) is 0 Å². The lowest BCUT2D eigenvalue weighted by atomic mass is 10.2. The van der Waals surface area contributed by atoms with Gasteiger partial charge in [0.25, 0.3) is 5.22 Å². The summed E-state index contributed by atoms with van der Waals surface area (Å²) in [6.45, 7) is 6.31. The van der Waals surface area contributed by atoms with Crippen molar-refractivity contribution >= 4 is 35.0 Å². The molecule has 158 valence electrons. The molecule has 1 saturated heterocycles. The van der Waals surface area contributed by atoms with Gasteiger partial charge in [-0.15, -0.1) is 0 Å². The lowest BCUT2D eigenvalue weighted by Crippen LogP contribution is -2.32. The highest BCUT2D eigenvalue weighted by molar-refractivity contribution is 7.99. The molecule has 0 amide bonds. The molecule has 3 aromatic heterocycles. The monoisotopic (exact) mass is 445 g/mol. The molecule has 1 N–H and O–H groups in total. The van der Waals surface area contributed by atoms with Crippen molar-refractivity contribution in [1.29, 1.82) is 0 Å². The number of pyridine rings is 2. The first-order valence-electron chi connectivity index (χ1n) is 9.82. The molecule has 4 rings (SSSR count). The maximum absolute atomic E-state index is 13.4. The summed E-state index contributed by atoms with van der Waals surface area (Å²) < 4.78 is 19.1. The minimum absolute atomic E-state index is 0.411. The number of oxazole rings is 1. The molecule has 1 fully saturated rings.